The molecule has 1 aromatic carbocycles. The molecule has 0 radical (unpaired) electrons. The summed E-state index contributed by atoms with van der Waals surface area (Å²) >= 11 is 0. The number of aromatic nitrogens is 4. The molecule has 0 saturated heterocycles. The van der Waals surface area contributed by atoms with Gasteiger partial charge >= 0.3 is 0 Å². The maximum atomic E-state index is 11.3. The van der Waals surface area contributed by atoms with Gasteiger partial charge in [0.2, 0.25) is 5.82 Å². The molecule has 0 aliphatic rings. The molecular formula is C17H16N4O3. The van der Waals surface area contributed by atoms with Crippen LogP contribution in [0.25, 0.3) is 17.1 Å². The molecule has 2 aromatic heterocycles. The van der Waals surface area contributed by atoms with Crippen LogP contribution in [0, 0.1) is 0 Å². The average Bonchev–Trinajstić information content (AvgIpc) is 2.99. The van der Waals surface area contributed by atoms with Crippen LogP contribution in [0.15, 0.2) is 36.7 Å². The van der Waals surface area contributed by atoms with Crippen LogP contribution < -0.4 is 0 Å². The maximum Gasteiger partial charge on any atom is 0.201 e. The van der Waals surface area contributed by atoms with E-state index in [0.717, 1.165) is 0 Å². The molecule has 0 atom stereocenters. The quantitative estimate of drug-likeness (QED) is 0.716. The van der Waals surface area contributed by atoms with E-state index in [1.807, 2.05) is 13.8 Å². The highest BCUT2D eigenvalue weighted by molar-refractivity contribution is 5.76. The largest absolute Gasteiger partial charge is 0.508 e. The number of benzene rings is 1. The van der Waals surface area contributed by atoms with E-state index in [2.05, 4.69) is 15.2 Å². The summed E-state index contributed by atoms with van der Waals surface area (Å²) < 4.78 is 1.51. The number of aromatic hydroxyl groups is 2. The molecule has 0 aliphatic heterocycles. The molecule has 0 amide bonds. The normalized spacial score (nSPS) is 11.0. The molecule has 122 valence electrons. The summed E-state index contributed by atoms with van der Waals surface area (Å²) in [5, 5.41) is 28.2. The van der Waals surface area contributed by atoms with Gasteiger partial charge in [0.15, 0.2) is 12.1 Å². The third-order valence-electron chi connectivity index (χ3n) is 3.71. The summed E-state index contributed by atoms with van der Waals surface area (Å²) in [6.45, 7) is 3.86. The average molecular weight is 324 g/mol. The van der Waals surface area contributed by atoms with E-state index < -0.39 is 0 Å². The van der Waals surface area contributed by atoms with Crippen LogP contribution in [0.1, 0.15) is 35.9 Å². The molecule has 2 N–H and O–H groups in total. The van der Waals surface area contributed by atoms with E-state index in [0.29, 0.717) is 28.9 Å². The number of carbonyl (C=O) groups is 1. The van der Waals surface area contributed by atoms with Crippen LogP contribution in [-0.4, -0.2) is 36.2 Å². The minimum atomic E-state index is -0.146. The van der Waals surface area contributed by atoms with Gasteiger partial charge in [-0.25, -0.2) is 0 Å². The van der Waals surface area contributed by atoms with Crippen LogP contribution in [-0.2, 0) is 0 Å². The minimum Gasteiger partial charge on any atom is -0.508 e. The SMILES string of the molecule is CC(C)c1cc(-c2nnc(C=O)n2-c2cccnc2)c(O)cc1O. The van der Waals surface area contributed by atoms with Gasteiger partial charge in [-0.3, -0.25) is 14.3 Å². The summed E-state index contributed by atoms with van der Waals surface area (Å²) in [6, 6.07) is 6.41. The molecule has 7 heteroatoms. The predicted molar refractivity (Wildman–Crippen MR) is 87.4 cm³/mol. The Labute approximate surface area is 138 Å². The Balaban J connectivity index is 2.27. The monoisotopic (exact) mass is 324 g/mol. The molecule has 7 nitrogen and oxygen atoms in total. The number of aldehydes is 1. The Morgan fingerprint density at radius 2 is 1.96 bits per heavy atom. The van der Waals surface area contributed by atoms with Crippen molar-refractivity contribution in [1.82, 2.24) is 19.7 Å². The van der Waals surface area contributed by atoms with Crippen molar-refractivity contribution in [2.45, 2.75) is 19.8 Å². The summed E-state index contributed by atoms with van der Waals surface area (Å²) in [6.07, 6.45) is 3.77. The Kier molecular flexibility index (Phi) is 3.99. The zero-order valence-electron chi connectivity index (χ0n) is 13.2. The van der Waals surface area contributed by atoms with E-state index in [-0.39, 0.29) is 23.2 Å². The number of rotatable bonds is 4. The van der Waals surface area contributed by atoms with Gasteiger partial charge in [-0.05, 0) is 29.7 Å². The number of pyridine rings is 1. The molecule has 0 fully saturated rings. The van der Waals surface area contributed by atoms with Crippen LogP contribution >= 0.6 is 0 Å². The predicted octanol–water partition coefficient (Wildman–Crippen LogP) is 2.68. The zero-order chi connectivity index (χ0) is 17.3. The topological polar surface area (TPSA) is 101 Å². The third kappa shape index (κ3) is 2.60. The summed E-state index contributed by atoms with van der Waals surface area (Å²) in [5.41, 5.74) is 1.63. The van der Waals surface area contributed by atoms with E-state index in [1.165, 1.54) is 10.6 Å². The summed E-state index contributed by atoms with van der Waals surface area (Å²) in [5.74, 6) is 0.298. The number of hydrogen-bond acceptors (Lipinski definition) is 6. The first-order chi connectivity index (χ1) is 11.5. The number of hydrogen-bond donors (Lipinski definition) is 2. The number of phenolic OH excluding ortho intramolecular Hbond substituents is 2. The second kappa shape index (κ2) is 6.11. The first-order valence-corrected chi connectivity index (χ1v) is 7.40. The van der Waals surface area contributed by atoms with Crippen LogP contribution in [0.4, 0.5) is 0 Å². The lowest BCUT2D eigenvalue weighted by molar-refractivity contribution is 0.111. The third-order valence-corrected chi connectivity index (χ3v) is 3.71. The summed E-state index contributed by atoms with van der Waals surface area (Å²) in [4.78, 5) is 15.4. The van der Waals surface area contributed by atoms with Crippen molar-refractivity contribution in [3.63, 3.8) is 0 Å². The molecule has 2 heterocycles. The van der Waals surface area contributed by atoms with Crippen LogP contribution in [0.3, 0.4) is 0 Å². The Morgan fingerprint density at radius 1 is 1.17 bits per heavy atom. The molecule has 0 spiro atoms. The smallest absolute Gasteiger partial charge is 0.201 e. The zero-order valence-corrected chi connectivity index (χ0v) is 13.2. The molecule has 0 aliphatic carbocycles. The number of nitrogens with zero attached hydrogens (tertiary/aromatic N) is 4. The van der Waals surface area contributed by atoms with Crippen molar-refractivity contribution in [3.8, 4) is 28.6 Å². The maximum absolute atomic E-state index is 11.3. The molecule has 0 bridgehead atoms. The van der Waals surface area contributed by atoms with Gasteiger partial charge in [-0.15, -0.1) is 10.2 Å². The number of phenols is 2. The van der Waals surface area contributed by atoms with Crippen molar-refractivity contribution in [2.75, 3.05) is 0 Å². The molecular weight excluding hydrogens is 308 g/mol. The Morgan fingerprint density at radius 3 is 2.58 bits per heavy atom. The Hall–Kier alpha value is -3.22. The van der Waals surface area contributed by atoms with E-state index in [9.17, 15) is 15.0 Å². The van der Waals surface area contributed by atoms with Gasteiger partial charge < -0.3 is 10.2 Å². The van der Waals surface area contributed by atoms with E-state index in [4.69, 9.17) is 0 Å². The second-order valence-corrected chi connectivity index (χ2v) is 5.63. The van der Waals surface area contributed by atoms with Crippen molar-refractivity contribution in [1.29, 1.82) is 0 Å². The molecule has 0 saturated carbocycles. The summed E-state index contributed by atoms with van der Waals surface area (Å²) in [7, 11) is 0. The van der Waals surface area contributed by atoms with Crippen molar-refractivity contribution >= 4 is 6.29 Å². The van der Waals surface area contributed by atoms with Gasteiger partial charge in [0.25, 0.3) is 0 Å². The van der Waals surface area contributed by atoms with E-state index >= 15 is 0 Å². The molecule has 24 heavy (non-hydrogen) atoms. The first kappa shape index (κ1) is 15.7. The van der Waals surface area contributed by atoms with Crippen molar-refractivity contribution in [2.24, 2.45) is 0 Å². The molecule has 3 aromatic rings. The highest BCUT2D eigenvalue weighted by Crippen LogP contribution is 2.37. The first-order valence-electron chi connectivity index (χ1n) is 7.40. The van der Waals surface area contributed by atoms with Crippen LogP contribution in [0.5, 0.6) is 11.5 Å². The molecule has 0 unspecified atom stereocenters. The second-order valence-electron chi connectivity index (χ2n) is 5.63. The minimum absolute atomic E-state index is 0.00861. The molecule has 3 rings (SSSR count). The highest BCUT2D eigenvalue weighted by Gasteiger charge is 2.20. The fourth-order valence-electron chi connectivity index (χ4n) is 2.52. The Bertz CT molecular complexity index is 888. The van der Waals surface area contributed by atoms with Crippen molar-refractivity contribution in [3.05, 3.63) is 48.0 Å². The number of carbonyl (C=O) groups excluding carboxylic acids is 1. The standard InChI is InChI=1S/C17H16N4O3/c1-10(2)12-6-13(15(24)7-14(12)23)17-20-19-16(9-22)21(17)11-4-3-5-18-8-11/h3-10,23-24H,1-2H3. The fourth-order valence-corrected chi connectivity index (χ4v) is 2.52. The fraction of sp³-hybridized carbons (Fsp3) is 0.176. The van der Waals surface area contributed by atoms with Gasteiger partial charge in [0, 0.05) is 12.3 Å². The lowest BCUT2D eigenvalue weighted by Crippen LogP contribution is -2.03. The lowest BCUT2D eigenvalue weighted by Gasteiger charge is -2.13. The lowest BCUT2D eigenvalue weighted by atomic mass is 9.98. The van der Waals surface area contributed by atoms with Crippen LogP contribution in [0.2, 0.25) is 0 Å². The van der Waals surface area contributed by atoms with Gasteiger partial charge in [-0.1, -0.05) is 13.8 Å². The highest BCUT2D eigenvalue weighted by atomic mass is 16.3. The van der Waals surface area contributed by atoms with E-state index in [1.54, 1.807) is 30.6 Å². The van der Waals surface area contributed by atoms with Gasteiger partial charge in [0.05, 0.1) is 17.4 Å². The van der Waals surface area contributed by atoms with Gasteiger partial charge in [0.1, 0.15) is 11.5 Å². The van der Waals surface area contributed by atoms with Crippen molar-refractivity contribution < 1.29 is 15.0 Å². The van der Waals surface area contributed by atoms with Gasteiger partial charge in [-0.2, -0.15) is 0 Å².